The topological polar surface area (TPSA) is 79.8 Å². The van der Waals surface area contributed by atoms with Crippen LogP contribution in [0.5, 0.6) is 11.5 Å². The molecule has 0 aliphatic carbocycles. The van der Waals surface area contributed by atoms with Crippen molar-refractivity contribution in [3.8, 4) is 22.6 Å². The number of hydrogen-bond acceptors (Lipinski definition) is 6. The van der Waals surface area contributed by atoms with Gasteiger partial charge in [0.2, 0.25) is 0 Å². The van der Waals surface area contributed by atoms with Crippen molar-refractivity contribution in [3.05, 3.63) is 77.4 Å². The normalized spacial score (nSPS) is 10.9. The fourth-order valence-electron chi connectivity index (χ4n) is 4.12. The second kappa shape index (κ2) is 10.9. The van der Waals surface area contributed by atoms with Gasteiger partial charge in [-0.15, -0.1) is 4.98 Å². The van der Waals surface area contributed by atoms with Gasteiger partial charge >= 0.3 is 11.8 Å². The third kappa shape index (κ3) is 5.01. The molecule has 4 aromatic rings. The third-order valence-electron chi connectivity index (χ3n) is 5.76. The Morgan fingerprint density at radius 2 is 1.97 bits per heavy atom. The molecule has 0 atom stereocenters. The summed E-state index contributed by atoms with van der Waals surface area (Å²) in [6, 6.07) is 15.5. The SMILES string of the molecule is [C-]#[N+]c1nccc(-c2ccc3c(c2)c(COc2ccccc2CC(=O)OCC)nn3C(C)C)c1OC. The molecule has 36 heavy (non-hydrogen) atoms. The molecule has 0 aliphatic rings. The molecule has 0 saturated carbocycles. The van der Waals surface area contributed by atoms with Crippen molar-refractivity contribution < 1.29 is 19.0 Å². The van der Waals surface area contributed by atoms with Gasteiger partial charge < -0.3 is 19.1 Å². The van der Waals surface area contributed by atoms with Gasteiger partial charge in [-0.25, -0.2) is 0 Å². The van der Waals surface area contributed by atoms with Gasteiger partial charge in [-0.3, -0.25) is 9.48 Å². The van der Waals surface area contributed by atoms with Crippen LogP contribution in [0.3, 0.4) is 0 Å². The summed E-state index contributed by atoms with van der Waals surface area (Å²) >= 11 is 0. The number of pyridine rings is 1. The maximum absolute atomic E-state index is 12.0. The molecule has 2 heterocycles. The summed E-state index contributed by atoms with van der Waals surface area (Å²) in [5, 5.41) is 5.78. The number of hydrogen-bond donors (Lipinski definition) is 0. The Morgan fingerprint density at radius 1 is 1.17 bits per heavy atom. The number of rotatable bonds is 9. The molecule has 4 rings (SSSR count). The minimum Gasteiger partial charge on any atom is -0.505 e. The van der Waals surface area contributed by atoms with E-state index in [1.807, 2.05) is 53.2 Å². The molecule has 2 aromatic heterocycles. The molecule has 0 spiro atoms. The molecule has 0 aliphatic heterocycles. The van der Waals surface area contributed by atoms with Crippen molar-refractivity contribution in [1.82, 2.24) is 14.8 Å². The summed E-state index contributed by atoms with van der Waals surface area (Å²) in [6.07, 6.45) is 1.75. The summed E-state index contributed by atoms with van der Waals surface area (Å²) < 4.78 is 18.8. The van der Waals surface area contributed by atoms with E-state index in [2.05, 4.69) is 23.7 Å². The second-order valence-electron chi connectivity index (χ2n) is 8.42. The quantitative estimate of drug-likeness (QED) is 0.217. The summed E-state index contributed by atoms with van der Waals surface area (Å²) in [5.41, 5.74) is 4.18. The van der Waals surface area contributed by atoms with Crippen LogP contribution in [-0.4, -0.2) is 34.5 Å². The minimum absolute atomic E-state index is 0.139. The predicted molar refractivity (Wildman–Crippen MR) is 137 cm³/mol. The van der Waals surface area contributed by atoms with Gasteiger partial charge in [0, 0.05) is 22.6 Å². The van der Waals surface area contributed by atoms with Crippen LogP contribution in [0, 0.1) is 6.57 Å². The number of ether oxygens (including phenoxy) is 3. The molecule has 8 nitrogen and oxygen atoms in total. The Balaban J connectivity index is 1.72. The highest BCUT2D eigenvalue weighted by Gasteiger charge is 2.18. The number of carbonyl (C=O) groups is 1. The molecule has 0 N–H and O–H groups in total. The maximum Gasteiger partial charge on any atom is 0.312 e. The number of benzene rings is 2. The number of nitrogens with zero attached hydrogens (tertiary/aromatic N) is 4. The van der Waals surface area contributed by atoms with E-state index in [4.69, 9.17) is 25.9 Å². The first-order chi connectivity index (χ1) is 17.5. The predicted octanol–water partition coefficient (Wildman–Crippen LogP) is 5.92. The summed E-state index contributed by atoms with van der Waals surface area (Å²) in [6.45, 7) is 13.9. The monoisotopic (exact) mass is 484 g/mol. The lowest BCUT2D eigenvalue weighted by molar-refractivity contribution is -0.142. The van der Waals surface area contributed by atoms with Crippen molar-refractivity contribution in [2.24, 2.45) is 0 Å². The van der Waals surface area contributed by atoms with E-state index in [0.717, 1.165) is 33.3 Å². The second-order valence-corrected chi connectivity index (χ2v) is 8.42. The highest BCUT2D eigenvalue weighted by atomic mass is 16.5. The van der Waals surface area contributed by atoms with Crippen molar-refractivity contribution in [3.63, 3.8) is 0 Å². The Morgan fingerprint density at radius 3 is 2.69 bits per heavy atom. The number of para-hydroxylation sites is 1. The van der Waals surface area contributed by atoms with Crippen LogP contribution in [0.1, 0.15) is 38.1 Å². The Labute approximate surface area is 210 Å². The zero-order chi connectivity index (χ0) is 25.7. The summed E-state index contributed by atoms with van der Waals surface area (Å²) in [4.78, 5) is 19.6. The average molecular weight is 485 g/mol. The molecule has 0 amide bonds. The molecule has 0 unspecified atom stereocenters. The van der Waals surface area contributed by atoms with Gasteiger partial charge in [-0.05, 0) is 50.6 Å². The van der Waals surface area contributed by atoms with E-state index in [1.165, 1.54) is 7.11 Å². The molecular formula is C28H28N4O4. The van der Waals surface area contributed by atoms with Crippen molar-refractivity contribution in [1.29, 1.82) is 0 Å². The standard InChI is InChI=1S/C28H28N4O4/c1-6-35-26(33)16-20-9-7-8-10-25(20)36-17-23-22-15-19(11-12-24(22)32(31-23)18(2)3)21-13-14-30-28(29-4)27(21)34-5/h7-15,18H,6,16-17H2,1-3,5H3. The van der Waals surface area contributed by atoms with E-state index in [-0.39, 0.29) is 30.9 Å². The molecule has 184 valence electrons. The smallest absolute Gasteiger partial charge is 0.312 e. The first-order valence-electron chi connectivity index (χ1n) is 11.7. The lowest BCUT2D eigenvalue weighted by Crippen LogP contribution is -2.09. The Bertz CT molecular complexity index is 1440. The van der Waals surface area contributed by atoms with Gasteiger partial charge in [-0.2, -0.15) is 5.10 Å². The van der Waals surface area contributed by atoms with Gasteiger partial charge in [0.1, 0.15) is 24.2 Å². The average Bonchev–Trinajstić information content (AvgIpc) is 3.26. The van der Waals surface area contributed by atoms with Crippen LogP contribution in [-0.2, 0) is 22.6 Å². The van der Waals surface area contributed by atoms with Gasteiger partial charge in [0.25, 0.3) is 0 Å². The van der Waals surface area contributed by atoms with Crippen LogP contribution in [0.15, 0.2) is 54.7 Å². The van der Waals surface area contributed by atoms with E-state index < -0.39 is 0 Å². The van der Waals surface area contributed by atoms with Crippen LogP contribution in [0.2, 0.25) is 0 Å². The maximum atomic E-state index is 12.0. The third-order valence-corrected chi connectivity index (χ3v) is 5.76. The fraction of sp³-hybridized carbons (Fsp3) is 0.286. The van der Waals surface area contributed by atoms with Crippen molar-refractivity contribution in [2.75, 3.05) is 13.7 Å². The van der Waals surface area contributed by atoms with Crippen LogP contribution < -0.4 is 9.47 Å². The molecule has 0 saturated heterocycles. The van der Waals surface area contributed by atoms with E-state index >= 15 is 0 Å². The van der Waals surface area contributed by atoms with Crippen LogP contribution >= 0.6 is 0 Å². The first kappa shape index (κ1) is 24.7. The zero-order valence-electron chi connectivity index (χ0n) is 20.8. The number of esters is 1. The molecule has 2 aromatic carbocycles. The number of methoxy groups -OCH3 is 1. The van der Waals surface area contributed by atoms with E-state index in [9.17, 15) is 4.79 Å². The van der Waals surface area contributed by atoms with Gasteiger partial charge in [0.05, 0.1) is 25.7 Å². The lowest BCUT2D eigenvalue weighted by Gasteiger charge is -2.11. The Hall–Kier alpha value is -4.38. The highest BCUT2D eigenvalue weighted by Crippen LogP contribution is 2.38. The largest absolute Gasteiger partial charge is 0.505 e. The van der Waals surface area contributed by atoms with Crippen LogP contribution in [0.25, 0.3) is 26.9 Å². The molecule has 0 bridgehead atoms. The highest BCUT2D eigenvalue weighted by molar-refractivity contribution is 5.89. The summed E-state index contributed by atoms with van der Waals surface area (Å²) in [7, 11) is 1.54. The number of carbonyl (C=O) groups excluding carboxylic acids is 1. The van der Waals surface area contributed by atoms with E-state index in [0.29, 0.717) is 18.1 Å². The van der Waals surface area contributed by atoms with Gasteiger partial charge in [0.15, 0.2) is 5.75 Å². The zero-order valence-corrected chi connectivity index (χ0v) is 20.8. The minimum atomic E-state index is -0.294. The molecule has 0 fully saturated rings. The van der Waals surface area contributed by atoms with Crippen molar-refractivity contribution >= 4 is 22.7 Å². The fourth-order valence-corrected chi connectivity index (χ4v) is 4.12. The van der Waals surface area contributed by atoms with E-state index in [1.54, 1.807) is 13.1 Å². The van der Waals surface area contributed by atoms with Crippen LogP contribution in [0.4, 0.5) is 5.82 Å². The first-order valence-corrected chi connectivity index (χ1v) is 11.7. The molecular weight excluding hydrogens is 456 g/mol. The lowest BCUT2D eigenvalue weighted by atomic mass is 10.0. The Kier molecular flexibility index (Phi) is 7.50. The summed E-state index contributed by atoms with van der Waals surface area (Å²) in [5.74, 6) is 0.979. The number of fused-ring (bicyclic) bond motifs is 1. The van der Waals surface area contributed by atoms with Crippen molar-refractivity contribution in [2.45, 2.75) is 39.8 Å². The molecule has 0 radical (unpaired) electrons. The number of aromatic nitrogens is 3. The molecule has 8 heteroatoms. The van der Waals surface area contributed by atoms with Gasteiger partial charge in [-0.1, -0.05) is 30.8 Å².